The Morgan fingerprint density at radius 1 is 1.31 bits per heavy atom. The zero-order chi connectivity index (χ0) is 11.5. The Balaban J connectivity index is 1.70. The molecule has 0 aromatic heterocycles. The average molecular weight is 244 g/mol. The molecule has 0 radical (unpaired) electrons. The van der Waals surface area contributed by atoms with Gasteiger partial charge in [-0.1, -0.05) is 6.92 Å². The summed E-state index contributed by atoms with van der Waals surface area (Å²) < 4.78 is 11.3. The van der Waals surface area contributed by atoms with E-state index in [4.69, 9.17) is 0 Å². The van der Waals surface area contributed by atoms with Crippen molar-refractivity contribution < 1.29 is 4.21 Å². The molecule has 3 atom stereocenters. The standard InChI is InChI=1S/C12H24N2OS/c1-3-16(15)7-6-13-10-8-11-4-5-12(9-10)14(11)2/h10-13H,3-9H2,1-2H3. The zero-order valence-electron chi connectivity index (χ0n) is 10.4. The Kier molecular flexibility index (Phi) is 4.39. The topological polar surface area (TPSA) is 32.3 Å². The van der Waals surface area contributed by atoms with E-state index in [1.807, 2.05) is 6.92 Å². The van der Waals surface area contributed by atoms with Crippen LogP contribution in [0, 0.1) is 0 Å². The molecule has 2 fully saturated rings. The average Bonchev–Trinajstić information content (AvgIpc) is 2.53. The number of piperidine rings is 1. The van der Waals surface area contributed by atoms with Crippen LogP contribution in [0.15, 0.2) is 0 Å². The molecule has 2 bridgehead atoms. The van der Waals surface area contributed by atoms with Crippen molar-refractivity contribution >= 4 is 10.8 Å². The molecule has 2 saturated heterocycles. The molecule has 2 aliphatic rings. The Morgan fingerprint density at radius 2 is 1.94 bits per heavy atom. The van der Waals surface area contributed by atoms with Gasteiger partial charge in [0.1, 0.15) is 0 Å². The second-order valence-corrected chi connectivity index (χ2v) is 6.97. The van der Waals surface area contributed by atoms with Gasteiger partial charge in [0.25, 0.3) is 0 Å². The Labute approximate surface area is 101 Å². The maximum absolute atomic E-state index is 11.3. The molecule has 1 N–H and O–H groups in total. The van der Waals surface area contributed by atoms with Crippen molar-refractivity contribution in [1.82, 2.24) is 10.2 Å². The first-order chi connectivity index (χ1) is 7.70. The van der Waals surface area contributed by atoms with E-state index in [0.29, 0.717) is 6.04 Å². The lowest BCUT2D eigenvalue weighted by atomic mass is 9.98. The predicted octanol–water partition coefficient (Wildman–Crippen LogP) is 0.970. The van der Waals surface area contributed by atoms with Crippen molar-refractivity contribution in [2.24, 2.45) is 0 Å². The van der Waals surface area contributed by atoms with Crippen LogP contribution in [0.1, 0.15) is 32.6 Å². The molecule has 0 spiro atoms. The van der Waals surface area contributed by atoms with Gasteiger partial charge in [0.2, 0.25) is 0 Å². The molecule has 16 heavy (non-hydrogen) atoms. The summed E-state index contributed by atoms with van der Waals surface area (Å²) in [5.74, 6) is 1.61. The fourth-order valence-corrected chi connectivity index (χ4v) is 3.73. The smallest absolute Gasteiger partial charge is 0.0360 e. The maximum Gasteiger partial charge on any atom is 0.0360 e. The third kappa shape index (κ3) is 2.84. The molecule has 0 aromatic rings. The molecule has 0 amide bonds. The number of nitrogens with one attached hydrogen (secondary N) is 1. The number of hydrogen-bond donors (Lipinski definition) is 1. The largest absolute Gasteiger partial charge is 0.313 e. The molecule has 94 valence electrons. The molecule has 2 heterocycles. The van der Waals surface area contributed by atoms with Gasteiger partial charge >= 0.3 is 0 Å². The first-order valence-corrected chi connectivity index (χ1v) is 7.99. The minimum atomic E-state index is -0.613. The molecule has 4 heteroatoms. The van der Waals surface area contributed by atoms with E-state index in [0.717, 1.165) is 30.1 Å². The molecule has 0 aliphatic carbocycles. The summed E-state index contributed by atoms with van der Waals surface area (Å²) in [7, 11) is 1.66. The maximum atomic E-state index is 11.3. The van der Waals surface area contributed by atoms with E-state index in [1.54, 1.807) is 0 Å². The molecule has 3 unspecified atom stereocenters. The number of fused-ring (bicyclic) bond motifs is 2. The van der Waals surface area contributed by atoms with Crippen LogP contribution in [0.5, 0.6) is 0 Å². The summed E-state index contributed by atoms with van der Waals surface area (Å²) in [4.78, 5) is 2.56. The highest BCUT2D eigenvalue weighted by Gasteiger charge is 2.37. The first-order valence-electron chi connectivity index (χ1n) is 6.51. The van der Waals surface area contributed by atoms with E-state index < -0.39 is 10.8 Å². The van der Waals surface area contributed by atoms with Gasteiger partial charge in [-0.3, -0.25) is 4.21 Å². The van der Waals surface area contributed by atoms with E-state index >= 15 is 0 Å². The second kappa shape index (κ2) is 5.61. The van der Waals surface area contributed by atoms with Crippen LogP contribution in [0.25, 0.3) is 0 Å². The zero-order valence-corrected chi connectivity index (χ0v) is 11.3. The molecule has 2 rings (SSSR count). The van der Waals surface area contributed by atoms with Crippen LogP contribution >= 0.6 is 0 Å². The van der Waals surface area contributed by atoms with Crippen LogP contribution in [0.3, 0.4) is 0 Å². The SMILES string of the molecule is CCS(=O)CCNC1CC2CCC(C1)N2C. The van der Waals surface area contributed by atoms with Crippen LogP contribution in [-0.2, 0) is 10.8 Å². The van der Waals surface area contributed by atoms with Crippen LogP contribution < -0.4 is 5.32 Å². The van der Waals surface area contributed by atoms with Crippen LogP contribution in [-0.4, -0.2) is 52.3 Å². The van der Waals surface area contributed by atoms with E-state index in [9.17, 15) is 4.21 Å². The normalized spacial score (nSPS) is 36.5. The summed E-state index contributed by atoms with van der Waals surface area (Å²) in [5, 5.41) is 3.59. The quantitative estimate of drug-likeness (QED) is 0.782. The fraction of sp³-hybridized carbons (Fsp3) is 1.00. The molecular weight excluding hydrogens is 220 g/mol. The van der Waals surface area contributed by atoms with E-state index in [2.05, 4.69) is 17.3 Å². The van der Waals surface area contributed by atoms with Gasteiger partial charge in [0.15, 0.2) is 0 Å². The highest BCUT2D eigenvalue weighted by atomic mass is 32.2. The monoisotopic (exact) mass is 244 g/mol. The molecule has 3 nitrogen and oxygen atoms in total. The summed E-state index contributed by atoms with van der Waals surface area (Å²) in [6, 6.07) is 2.27. The Hall–Kier alpha value is 0.0700. The van der Waals surface area contributed by atoms with Gasteiger partial charge < -0.3 is 10.2 Å². The summed E-state index contributed by atoms with van der Waals surface area (Å²) in [5.41, 5.74) is 0. The molecule has 0 aromatic carbocycles. The minimum absolute atomic E-state index is 0.613. The minimum Gasteiger partial charge on any atom is -0.313 e. The van der Waals surface area contributed by atoms with Crippen molar-refractivity contribution in [3.63, 3.8) is 0 Å². The highest BCUT2D eigenvalue weighted by molar-refractivity contribution is 7.84. The summed E-state index contributed by atoms with van der Waals surface area (Å²) >= 11 is 0. The lowest BCUT2D eigenvalue weighted by Gasteiger charge is -2.36. The van der Waals surface area contributed by atoms with Gasteiger partial charge in [0, 0.05) is 47.0 Å². The van der Waals surface area contributed by atoms with Gasteiger partial charge in [-0.25, -0.2) is 0 Å². The van der Waals surface area contributed by atoms with Gasteiger partial charge in [-0.05, 0) is 32.7 Å². The summed E-state index contributed by atoms with van der Waals surface area (Å²) in [6.45, 7) is 2.92. The fourth-order valence-electron chi connectivity index (χ4n) is 3.10. The predicted molar refractivity (Wildman–Crippen MR) is 69.1 cm³/mol. The molecule has 0 saturated carbocycles. The number of hydrogen-bond acceptors (Lipinski definition) is 3. The van der Waals surface area contributed by atoms with Crippen LogP contribution in [0.2, 0.25) is 0 Å². The lowest BCUT2D eigenvalue weighted by Crippen LogP contribution is -2.47. The highest BCUT2D eigenvalue weighted by Crippen LogP contribution is 2.33. The molecular formula is C12H24N2OS. The number of nitrogens with zero attached hydrogens (tertiary/aromatic N) is 1. The lowest BCUT2D eigenvalue weighted by molar-refractivity contribution is 0.150. The van der Waals surface area contributed by atoms with E-state index in [1.165, 1.54) is 25.7 Å². The van der Waals surface area contributed by atoms with Crippen molar-refractivity contribution in [3.8, 4) is 0 Å². The third-order valence-corrected chi connectivity index (χ3v) is 5.49. The van der Waals surface area contributed by atoms with Gasteiger partial charge in [-0.2, -0.15) is 0 Å². The van der Waals surface area contributed by atoms with Crippen molar-refractivity contribution in [2.45, 2.75) is 50.7 Å². The van der Waals surface area contributed by atoms with Crippen molar-refractivity contribution in [1.29, 1.82) is 0 Å². The Morgan fingerprint density at radius 3 is 2.50 bits per heavy atom. The third-order valence-electron chi connectivity index (χ3n) is 4.18. The Bertz CT molecular complexity index is 245. The first kappa shape index (κ1) is 12.5. The number of rotatable bonds is 5. The van der Waals surface area contributed by atoms with Gasteiger partial charge in [0.05, 0.1) is 0 Å². The second-order valence-electron chi connectivity index (χ2n) is 5.11. The van der Waals surface area contributed by atoms with E-state index in [-0.39, 0.29) is 0 Å². The van der Waals surface area contributed by atoms with Crippen LogP contribution in [0.4, 0.5) is 0 Å². The summed E-state index contributed by atoms with van der Waals surface area (Å²) in [6.07, 6.45) is 5.32. The van der Waals surface area contributed by atoms with Crippen molar-refractivity contribution in [2.75, 3.05) is 25.1 Å². The van der Waals surface area contributed by atoms with Crippen molar-refractivity contribution in [3.05, 3.63) is 0 Å². The van der Waals surface area contributed by atoms with Gasteiger partial charge in [-0.15, -0.1) is 0 Å². The molecule has 2 aliphatic heterocycles.